The Hall–Kier alpha value is -2.40. The molecule has 0 saturated carbocycles. The van der Waals surface area contributed by atoms with Gasteiger partial charge in [-0.2, -0.15) is 0 Å². The number of nitrogens with one attached hydrogen (secondary N) is 2. The third-order valence-electron chi connectivity index (χ3n) is 4.48. The molecule has 1 aliphatic heterocycles. The van der Waals surface area contributed by atoms with Crippen molar-refractivity contribution in [3.8, 4) is 0 Å². The summed E-state index contributed by atoms with van der Waals surface area (Å²) in [6, 6.07) is 9.83. The molecule has 1 aromatic carbocycles. The average Bonchev–Trinajstić information content (AvgIpc) is 2.99. The highest BCUT2D eigenvalue weighted by atomic mass is 16.5. The van der Waals surface area contributed by atoms with Gasteiger partial charge in [-0.25, -0.2) is 4.79 Å². The number of aryl methyl sites for hydroxylation is 2. The van der Waals surface area contributed by atoms with Crippen molar-refractivity contribution in [2.45, 2.75) is 26.3 Å². The van der Waals surface area contributed by atoms with Crippen molar-refractivity contribution < 1.29 is 9.53 Å². The van der Waals surface area contributed by atoms with E-state index >= 15 is 0 Å². The molecule has 0 spiro atoms. The summed E-state index contributed by atoms with van der Waals surface area (Å²) in [5.74, 6) is 0.274. The van der Waals surface area contributed by atoms with Gasteiger partial charge in [-0.3, -0.25) is 4.98 Å². The van der Waals surface area contributed by atoms with E-state index in [1.807, 2.05) is 44.2 Å². The molecule has 0 radical (unpaired) electrons. The van der Waals surface area contributed by atoms with Crippen LogP contribution < -0.4 is 10.6 Å². The van der Waals surface area contributed by atoms with E-state index in [-0.39, 0.29) is 18.0 Å². The Morgan fingerprint density at radius 2 is 1.88 bits per heavy atom. The van der Waals surface area contributed by atoms with Gasteiger partial charge in [0.15, 0.2) is 0 Å². The van der Waals surface area contributed by atoms with Crippen molar-refractivity contribution >= 4 is 11.7 Å². The number of carbonyl (C=O) groups excluding carboxylic acids is 1. The Bertz CT molecular complexity index is 683. The number of carbonyl (C=O) groups is 1. The highest BCUT2D eigenvalue weighted by molar-refractivity contribution is 5.91. The molecular weight excluding hydrogens is 302 g/mol. The van der Waals surface area contributed by atoms with Crippen molar-refractivity contribution in [2.24, 2.45) is 5.92 Å². The molecule has 2 heterocycles. The number of para-hydroxylation sites is 1. The van der Waals surface area contributed by atoms with Crippen LogP contribution in [0.4, 0.5) is 10.5 Å². The Morgan fingerprint density at radius 1 is 1.17 bits per heavy atom. The second-order valence-electron chi connectivity index (χ2n) is 6.33. The van der Waals surface area contributed by atoms with Gasteiger partial charge >= 0.3 is 6.03 Å². The van der Waals surface area contributed by atoms with E-state index in [4.69, 9.17) is 4.74 Å². The molecule has 1 fully saturated rings. The summed E-state index contributed by atoms with van der Waals surface area (Å²) in [5, 5.41) is 6.04. The topological polar surface area (TPSA) is 63.2 Å². The first kappa shape index (κ1) is 16.5. The summed E-state index contributed by atoms with van der Waals surface area (Å²) < 4.78 is 5.58. The molecule has 0 bridgehead atoms. The van der Waals surface area contributed by atoms with Crippen LogP contribution in [0, 0.1) is 19.8 Å². The van der Waals surface area contributed by atoms with Crippen molar-refractivity contribution in [1.29, 1.82) is 0 Å². The number of pyridine rings is 1. The van der Waals surface area contributed by atoms with E-state index in [1.165, 1.54) is 5.56 Å². The second kappa shape index (κ2) is 7.45. The number of ether oxygens (including phenoxy) is 1. The van der Waals surface area contributed by atoms with Gasteiger partial charge in [-0.15, -0.1) is 0 Å². The van der Waals surface area contributed by atoms with Crippen molar-refractivity contribution in [3.05, 3.63) is 59.4 Å². The zero-order chi connectivity index (χ0) is 16.9. The number of benzene rings is 1. The number of amides is 2. The number of nitrogens with zero attached hydrogens (tertiary/aromatic N) is 1. The predicted molar refractivity (Wildman–Crippen MR) is 94.1 cm³/mol. The van der Waals surface area contributed by atoms with Crippen LogP contribution in [0.3, 0.4) is 0 Å². The average molecular weight is 325 g/mol. The molecule has 1 aromatic heterocycles. The highest BCUT2D eigenvalue weighted by Crippen LogP contribution is 2.21. The van der Waals surface area contributed by atoms with E-state index in [2.05, 4.69) is 15.6 Å². The van der Waals surface area contributed by atoms with Gasteiger partial charge in [0.2, 0.25) is 0 Å². The van der Waals surface area contributed by atoms with E-state index in [1.54, 1.807) is 12.4 Å². The molecule has 2 N–H and O–H groups in total. The van der Waals surface area contributed by atoms with Crippen LogP contribution in [0.5, 0.6) is 0 Å². The Kier molecular flexibility index (Phi) is 5.11. The molecule has 0 unspecified atom stereocenters. The lowest BCUT2D eigenvalue weighted by molar-refractivity contribution is 0.182. The summed E-state index contributed by atoms with van der Waals surface area (Å²) in [5.41, 5.74) is 4.20. The lowest BCUT2D eigenvalue weighted by atomic mass is 9.95. The minimum absolute atomic E-state index is 0.0162. The normalized spacial score (nSPS) is 19.9. The van der Waals surface area contributed by atoms with Crippen molar-refractivity contribution in [1.82, 2.24) is 10.3 Å². The van der Waals surface area contributed by atoms with Gasteiger partial charge in [0, 0.05) is 24.0 Å². The van der Waals surface area contributed by atoms with Crippen molar-refractivity contribution in [2.75, 3.05) is 18.5 Å². The number of aromatic nitrogens is 1. The van der Waals surface area contributed by atoms with Gasteiger partial charge in [-0.05, 0) is 49.1 Å². The van der Waals surface area contributed by atoms with E-state index in [0.717, 1.165) is 23.2 Å². The summed E-state index contributed by atoms with van der Waals surface area (Å²) in [7, 11) is 0. The monoisotopic (exact) mass is 325 g/mol. The molecule has 2 amide bonds. The highest BCUT2D eigenvalue weighted by Gasteiger charge is 2.29. The number of hydrogen-bond donors (Lipinski definition) is 2. The first-order valence-corrected chi connectivity index (χ1v) is 8.24. The molecular formula is C19H23N3O2. The van der Waals surface area contributed by atoms with Crippen LogP contribution in [0.2, 0.25) is 0 Å². The lowest BCUT2D eigenvalue weighted by Gasteiger charge is -2.20. The van der Waals surface area contributed by atoms with Gasteiger partial charge in [0.05, 0.1) is 19.3 Å². The largest absolute Gasteiger partial charge is 0.379 e. The van der Waals surface area contributed by atoms with Crippen LogP contribution in [-0.2, 0) is 11.2 Å². The molecule has 0 aliphatic carbocycles. The van der Waals surface area contributed by atoms with E-state index in [0.29, 0.717) is 13.2 Å². The molecule has 2 aromatic rings. The molecule has 5 heteroatoms. The molecule has 5 nitrogen and oxygen atoms in total. The maximum atomic E-state index is 12.4. The summed E-state index contributed by atoms with van der Waals surface area (Å²) in [6.07, 6.45) is 4.46. The summed E-state index contributed by atoms with van der Waals surface area (Å²) in [6.45, 7) is 5.20. The Labute approximate surface area is 142 Å². The maximum absolute atomic E-state index is 12.4. The minimum atomic E-state index is -0.178. The number of urea groups is 1. The van der Waals surface area contributed by atoms with Gasteiger partial charge in [-0.1, -0.05) is 18.2 Å². The zero-order valence-corrected chi connectivity index (χ0v) is 14.1. The molecule has 126 valence electrons. The Morgan fingerprint density at radius 3 is 2.58 bits per heavy atom. The smallest absolute Gasteiger partial charge is 0.319 e. The van der Waals surface area contributed by atoms with Gasteiger partial charge < -0.3 is 15.4 Å². The summed E-state index contributed by atoms with van der Waals surface area (Å²) in [4.78, 5) is 16.4. The van der Waals surface area contributed by atoms with Crippen LogP contribution in [-0.4, -0.2) is 30.3 Å². The lowest BCUT2D eigenvalue weighted by Crippen LogP contribution is -2.43. The fourth-order valence-corrected chi connectivity index (χ4v) is 3.11. The van der Waals surface area contributed by atoms with Crippen LogP contribution in [0.15, 0.2) is 42.7 Å². The number of hydrogen-bond acceptors (Lipinski definition) is 3. The first-order valence-electron chi connectivity index (χ1n) is 8.24. The van der Waals surface area contributed by atoms with Gasteiger partial charge in [0.1, 0.15) is 0 Å². The summed E-state index contributed by atoms with van der Waals surface area (Å²) >= 11 is 0. The van der Waals surface area contributed by atoms with E-state index < -0.39 is 0 Å². The standard InChI is InChI=1S/C19H23N3O2/c1-13-4-3-5-14(2)18(13)22-19(23)21-17-12-24-11-16(17)10-15-6-8-20-9-7-15/h3-9,16-17H,10-12H2,1-2H3,(H2,21,22,23)/t16-,17+/m1/s1. The molecule has 1 aliphatic rings. The Balaban J connectivity index is 1.61. The minimum Gasteiger partial charge on any atom is -0.379 e. The van der Waals surface area contributed by atoms with Crippen LogP contribution in [0.1, 0.15) is 16.7 Å². The second-order valence-corrected chi connectivity index (χ2v) is 6.33. The SMILES string of the molecule is Cc1cccc(C)c1NC(=O)N[C@H]1COC[C@H]1Cc1ccncc1. The molecule has 3 rings (SSSR count). The molecule has 1 saturated heterocycles. The fraction of sp³-hybridized carbons (Fsp3) is 0.368. The van der Waals surface area contributed by atoms with E-state index in [9.17, 15) is 4.79 Å². The third kappa shape index (κ3) is 3.92. The molecule has 24 heavy (non-hydrogen) atoms. The zero-order valence-electron chi connectivity index (χ0n) is 14.1. The predicted octanol–water partition coefficient (Wildman–Crippen LogP) is 3.08. The quantitative estimate of drug-likeness (QED) is 0.908. The first-order chi connectivity index (χ1) is 11.6. The van der Waals surface area contributed by atoms with Gasteiger partial charge in [0.25, 0.3) is 0 Å². The molecule has 2 atom stereocenters. The fourth-order valence-electron chi connectivity index (χ4n) is 3.11. The number of rotatable bonds is 4. The number of anilines is 1. The van der Waals surface area contributed by atoms with Crippen LogP contribution in [0.25, 0.3) is 0 Å². The van der Waals surface area contributed by atoms with Crippen molar-refractivity contribution in [3.63, 3.8) is 0 Å². The maximum Gasteiger partial charge on any atom is 0.319 e. The van der Waals surface area contributed by atoms with Crippen LogP contribution >= 0.6 is 0 Å². The third-order valence-corrected chi connectivity index (χ3v) is 4.48.